The first-order valence-corrected chi connectivity index (χ1v) is 11.2. The molecule has 0 aromatic carbocycles. The molecule has 172 valence electrons. The quantitative estimate of drug-likeness (QED) is 0.506. The predicted molar refractivity (Wildman–Crippen MR) is 111 cm³/mol. The highest BCUT2D eigenvalue weighted by molar-refractivity contribution is 6.03. The minimum Gasteiger partial charge on any atom is -0.462 e. The predicted octanol–water partition coefficient (Wildman–Crippen LogP) is 2.18. The van der Waals surface area contributed by atoms with Gasteiger partial charge in [-0.15, -0.1) is 0 Å². The molecule has 0 amide bonds. The van der Waals surface area contributed by atoms with Crippen LogP contribution in [-0.2, 0) is 23.9 Å². The average Bonchev–Trinajstić information content (AvgIpc) is 2.77. The zero-order chi connectivity index (χ0) is 23.1. The van der Waals surface area contributed by atoms with E-state index in [0.717, 1.165) is 0 Å². The van der Waals surface area contributed by atoms with Gasteiger partial charge in [-0.3, -0.25) is 14.4 Å². The second kappa shape index (κ2) is 6.88. The fraction of sp³-hybridized carbons (Fsp3) is 0.792. The second-order valence-corrected chi connectivity index (χ2v) is 11.2. The zero-order valence-corrected chi connectivity index (χ0v) is 19.0. The summed E-state index contributed by atoms with van der Waals surface area (Å²) in [5, 5.41) is 22.6. The van der Waals surface area contributed by atoms with Gasteiger partial charge in [0.05, 0.1) is 12.2 Å². The summed E-state index contributed by atoms with van der Waals surface area (Å²) in [5.41, 5.74) is -1.75. The molecule has 2 N–H and O–H groups in total. The first-order valence-electron chi connectivity index (χ1n) is 11.2. The molecular formula is C24H34O7. The van der Waals surface area contributed by atoms with Crippen LogP contribution in [0.5, 0.6) is 0 Å². The number of allylic oxidation sites excluding steroid dienone is 1. The Bertz CT molecular complexity index is 847. The summed E-state index contributed by atoms with van der Waals surface area (Å²) in [6.07, 6.45) is -1.43. The van der Waals surface area contributed by atoms with Gasteiger partial charge in [0.1, 0.15) is 12.2 Å². The van der Waals surface area contributed by atoms with E-state index in [1.165, 1.54) is 13.8 Å². The molecule has 0 aromatic heterocycles. The number of hydrogen-bond acceptors (Lipinski definition) is 7. The number of aliphatic hydroxyl groups excluding tert-OH is 2. The summed E-state index contributed by atoms with van der Waals surface area (Å²) in [4.78, 5) is 37.2. The van der Waals surface area contributed by atoms with Gasteiger partial charge in [-0.1, -0.05) is 27.4 Å². The van der Waals surface area contributed by atoms with E-state index in [-0.39, 0.29) is 36.4 Å². The molecule has 0 aliphatic heterocycles. The summed E-state index contributed by atoms with van der Waals surface area (Å²) in [6, 6.07) is 0. The van der Waals surface area contributed by atoms with Gasteiger partial charge in [-0.05, 0) is 48.5 Å². The number of ketones is 1. The van der Waals surface area contributed by atoms with E-state index in [4.69, 9.17) is 9.47 Å². The smallest absolute Gasteiger partial charge is 0.303 e. The maximum atomic E-state index is 13.5. The van der Waals surface area contributed by atoms with Crippen molar-refractivity contribution >= 4 is 17.7 Å². The molecule has 0 saturated heterocycles. The summed E-state index contributed by atoms with van der Waals surface area (Å²) in [5.74, 6) is -1.70. The van der Waals surface area contributed by atoms with Crippen molar-refractivity contribution in [3.05, 3.63) is 12.2 Å². The molecule has 4 aliphatic rings. The van der Waals surface area contributed by atoms with Gasteiger partial charge in [0.25, 0.3) is 0 Å². The van der Waals surface area contributed by atoms with E-state index >= 15 is 0 Å². The number of Topliss-reactive ketones (excluding diaryl/α,β-unsaturated/α-hetero) is 1. The fourth-order valence-corrected chi connectivity index (χ4v) is 8.48. The maximum absolute atomic E-state index is 13.5. The number of aliphatic hydroxyl groups is 2. The van der Waals surface area contributed by atoms with Crippen LogP contribution in [0.4, 0.5) is 0 Å². The number of esters is 2. The molecule has 4 fully saturated rings. The van der Waals surface area contributed by atoms with Crippen LogP contribution in [0.25, 0.3) is 0 Å². The van der Waals surface area contributed by atoms with Gasteiger partial charge >= 0.3 is 11.9 Å². The summed E-state index contributed by atoms with van der Waals surface area (Å²) in [7, 11) is 0. The summed E-state index contributed by atoms with van der Waals surface area (Å²) >= 11 is 0. The second-order valence-electron chi connectivity index (χ2n) is 11.2. The molecule has 0 heterocycles. The number of hydrogen-bond donors (Lipinski definition) is 2. The molecule has 0 aromatic rings. The Hall–Kier alpha value is -1.73. The van der Waals surface area contributed by atoms with Crippen LogP contribution in [0.3, 0.4) is 0 Å². The zero-order valence-electron chi connectivity index (χ0n) is 19.0. The largest absolute Gasteiger partial charge is 0.462 e. The van der Waals surface area contributed by atoms with Crippen LogP contribution in [0.2, 0.25) is 0 Å². The molecule has 4 rings (SSSR count). The van der Waals surface area contributed by atoms with E-state index in [2.05, 4.69) is 6.58 Å². The van der Waals surface area contributed by atoms with E-state index in [1.54, 1.807) is 0 Å². The number of carbonyl (C=O) groups is 3. The van der Waals surface area contributed by atoms with E-state index in [0.29, 0.717) is 18.4 Å². The minimum atomic E-state index is -0.960. The van der Waals surface area contributed by atoms with Gasteiger partial charge in [0.15, 0.2) is 5.78 Å². The van der Waals surface area contributed by atoms with Crippen molar-refractivity contribution in [2.75, 3.05) is 0 Å². The number of carbonyl (C=O) groups excluding carboxylic acids is 3. The van der Waals surface area contributed by atoms with Crippen LogP contribution >= 0.6 is 0 Å². The summed E-state index contributed by atoms with van der Waals surface area (Å²) < 4.78 is 11.3. The lowest BCUT2D eigenvalue weighted by Gasteiger charge is -2.67. The fourth-order valence-electron chi connectivity index (χ4n) is 8.48. The van der Waals surface area contributed by atoms with Crippen molar-refractivity contribution in [1.82, 2.24) is 0 Å². The Balaban J connectivity index is 1.86. The molecule has 9 atom stereocenters. The topological polar surface area (TPSA) is 110 Å². The summed E-state index contributed by atoms with van der Waals surface area (Å²) in [6.45, 7) is 12.5. The van der Waals surface area contributed by atoms with Crippen molar-refractivity contribution < 1.29 is 34.1 Å². The van der Waals surface area contributed by atoms with E-state index in [1.807, 2.05) is 20.8 Å². The van der Waals surface area contributed by atoms with Crippen LogP contribution < -0.4 is 0 Å². The molecule has 31 heavy (non-hydrogen) atoms. The third kappa shape index (κ3) is 2.95. The lowest BCUT2D eigenvalue weighted by atomic mass is 9.39. The van der Waals surface area contributed by atoms with Crippen LogP contribution in [0.15, 0.2) is 12.2 Å². The maximum Gasteiger partial charge on any atom is 0.303 e. The Kier molecular flexibility index (Phi) is 4.99. The third-order valence-electron chi connectivity index (χ3n) is 8.85. The van der Waals surface area contributed by atoms with Crippen LogP contribution in [0, 0.1) is 34.0 Å². The lowest BCUT2D eigenvalue weighted by Crippen LogP contribution is -2.70. The lowest BCUT2D eigenvalue weighted by molar-refractivity contribution is -0.268. The minimum absolute atomic E-state index is 0.0368. The molecule has 1 spiro atoms. The molecule has 4 saturated carbocycles. The van der Waals surface area contributed by atoms with Gasteiger partial charge in [0.2, 0.25) is 0 Å². The van der Waals surface area contributed by atoms with Crippen molar-refractivity contribution in [3.63, 3.8) is 0 Å². The molecule has 0 radical (unpaired) electrons. The molecule has 2 bridgehead atoms. The third-order valence-corrected chi connectivity index (χ3v) is 8.85. The Morgan fingerprint density at radius 2 is 1.58 bits per heavy atom. The van der Waals surface area contributed by atoms with Crippen molar-refractivity contribution in [2.45, 2.75) is 84.7 Å². The van der Waals surface area contributed by atoms with Crippen LogP contribution in [0.1, 0.15) is 60.3 Å². The Morgan fingerprint density at radius 1 is 0.968 bits per heavy atom. The molecular weight excluding hydrogens is 400 g/mol. The molecule has 0 unspecified atom stereocenters. The van der Waals surface area contributed by atoms with Crippen LogP contribution in [-0.4, -0.2) is 52.4 Å². The van der Waals surface area contributed by atoms with E-state index < -0.39 is 52.6 Å². The Morgan fingerprint density at radius 3 is 2.16 bits per heavy atom. The standard InChI is InChI=1S/C24H34O7/c1-11-14-7-17(30-12(2)25)19-23(6)9-16(28)21(31-13(3)26)22(4,5)18(23)15(27)10-24(19,8-14)20(11)29/h14-19,21,27-28H,1,7-10H2,2-6H3/t14-,15+,16+,17+,18-,19+,21+,23-,24+/m1/s1. The average molecular weight is 435 g/mol. The first kappa shape index (κ1) is 22.5. The van der Waals surface area contributed by atoms with Gasteiger partial charge in [-0.2, -0.15) is 0 Å². The van der Waals surface area contributed by atoms with E-state index in [9.17, 15) is 24.6 Å². The molecule has 4 aliphatic carbocycles. The van der Waals surface area contributed by atoms with Gasteiger partial charge in [0, 0.05) is 30.6 Å². The van der Waals surface area contributed by atoms with Crippen molar-refractivity contribution in [1.29, 1.82) is 0 Å². The monoisotopic (exact) mass is 434 g/mol. The van der Waals surface area contributed by atoms with Crippen molar-refractivity contribution in [3.8, 4) is 0 Å². The normalized spacial score (nSPS) is 47.9. The number of fused-ring (bicyclic) bond motifs is 3. The number of ether oxygens (including phenoxy) is 2. The molecule has 7 nitrogen and oxygen atoms in total. The van der Waals surface area contributed by atoms with Gasteiger partial charge < -0.3 is 19.7 Å². The first-order chi connectivity index (χ1) is 14.3. The molecule has 7 heteroatoms. The van der Waals surface area contributed by atoms with Gasteiger partial charge in [-0.25, -0.2) is 0 Å². The highest BCUT2D eigenvalue weighted by Crippen LogP contribution is 2.71. The Labute approximate surface area is 183 Å². The number of rotatable bonds is 2. The van der Waals surface area contributed by atoms with Crippen molar-refractivity contribution in [2.24, 2.45) is 34.0 Å². The highest BCUT2D eigenvalue weighted by atomic mass is 16.6. The highest BCUT2D eigenvalue weighted by Gasteiger charge is 2.74. The SMILES string of the molecule is C=C1C(=O)[C@]23C[C@H]1C[C@H](OC(C)=O)[C@H]2[C@]1(C)C[C@H](O)[C@H](OC(C)=O)C(C)(C)[C@H]1[C@@H](O)C3.